The second-order valence-corrected chi connectivity index (χ2v) is 8.88. The molecule has 46 heavy (non-hydrogen) atoms. The summed E-state index contributed by atoms with van der Waals surface area (Å²) in [6.45, 7) is 5.04. The van der Waals surface area contributed by atoms with Gasteiger partial charge < -0.3 is 48.3 Å². The number of aliphatic carboxylic acids is 1. The lowest BCUT2D eigenvalue weighted by Crippen LogP contribution is -2.17. The smallest absolute Gasteiger partial charge is 0.372 e. The van der Waals surface area contributed by atoms with Crippen LogP contribution >= 0.6 is 0 Å². The highest BCUT2D eigenvalue weighted by Crippen LogP contribution is 2.28. The standard InChI is InChI=1S/C27H41N3O16/c31-25(27(33)34)3-4-26(32)46-20-19-45-18-17-44-16-15-43-14-13-42-12-11-41-10-9-40-8-7-39-6-5-28-23-2-1-22(29(35)36)21-24(23)30(37)38/h1-2,21,28H,3-20H2,(H,33,34). The molecule has 19 heteroatoms. The lowest BCUT2D eigenvalue weighted by atomic mass is 10.2. The summed E-state index contributed by atoms with van der Waals surface area (Å²) in [6.07, 6.45) is -0.693. The monoisotopic (exact) mass is 663 g/mol. The fraction of sp³-hybridized carbons (Fsp3) is 0.667. The molecule has 0 saturated carbocycles. The summed E-state index contributed by atoms with van der Waals surface area (Å²) < 4.78 is 42.4. The van der Waals surface area contributed by atoms with E-state index in [9.17, 15) is 34.6 Å². The average Bonchev–Trinajstić information content (AvgIpc) is 3.03. The van der Waals surface area contributed by atoms with Crippen LogP contribution in [0.4, 0.5) is 17.1 Å². The molecule has 0 aromatic heterocycles. The number of rotatable bonds is 31. The van der Waals surface area contributed by atoms with Crippen molar-refractivity contribution in [3.8, 4) is 0 Å². The van der Waals surface area contributed by atoms with E-state index in [1.807, 2.05) is 0 Å². The average molecular weight is 664 g/mol. The van der Waals surface area contributed by atoms with Gasteiger partial charge in [0.15, 0.2) is 0 Å². The maximum absolute atomic E-state index is 11.3. The topological polar surface area (TPSA) is 244 Å². The number of hydrogen-bond acceptors (Lipinski definition) is 16. The first-order valence-electron chi connectivity index (χ1n) is 14.3. The Bertz CT molecular complexity index is 1060. The summed E-state index contributed by atoms with van der Waals surface area (Å²) >= 11 is 0. The summed E-state index contributed by atoms with van der Waals surface area (Å²) in [6, 6.07) is 3.38. The van der Waals surface area contributed by atoms with E-state index >= 15 is 0 Å². The molecule has 1 aromatic rings. The number of nitrogens with zero attached hydrogens (tertiary/aromatic N) is 2. The van der Waals surface area contributed by atoms with Crippen LogP contribution in [0.15, 0.2) is 18.2 Å². The zero-order valence-corrected chi connectivity index (χ0v) is 25.4. The van der Waals surface area contributed by atoms with Gasteiger partial charge in [-0.15, -0.1) is 0 Å². The number of esters is 1. The molecule has 0 aliphatic carbocycles. The number of carbonyl (C=O) groups is 3. The van der Waals surface area contributed by atoms with Crippen molar-refractivity contribution in [2.24, 2.45) is 0 Å². The first kappa shape index (κ1) is 40.2. The van der Waals surface area contributed by atoms with Crippen molar-refractivity contribution in [1.82, 2.24) is 0 Å². The molecule has 1 aromatic carbocycles. The summed E-state index contributed by atoms with van der Waals surface area (Å²) in [5.41, 5.74) is -0.571. The van der Waals surface area contributed by atoms with Crippen LogP contribution in [0.2, 0.25) is 0 Å². The number of ether oxygens (including phenoxy) is 8. The van der Waals surface area contributed by atoms with Gasteiger partial charge in [-0.05, 0) is 6.07 Å². The minimum atomic E-state index is -1.58. The highest BCUT2D eigenvalue weighted by Gasteiger charge is 2.19. The van der Waals surface area contributed by atoms with Crippen LogP contribution in [0.25, 0.3) is 0 Å². The molecule has 0 aliphatic rings. The van der Waals surface area contributed by atoms with Gasteiger partial charge in [0.05, 0.1) is 115 Å². The number of nitrogens with one attached hydrogen (secondary N) is 1. The summed E-state index contributed by atoms with van der Waals surface area (Å²) in [4.78, 5) is 53.1. The minimum absolute atomic E-state index is 0.00686. The van der Waals surface area contributed by atoms with Gasteiger partial charge in [-0.3, -0.25) is 29.8 Å². The van der Waals surface area contributed by atoms with Crippen molar-refractivity contribution >= 4 is 34.8 Å². The largest absolute Gasteiger partial charge is 0.476 e. The van der Waals surface area contributed by atoms with E-state index in [0.717, 1.165) is 6.07 Å². The number of carboxylic acid groups (broad SMARTS) is 1. The fourth-order valence-corrected chi connectivity index (χ4v) is 3.22. The molecule has 0 bridgehead atoms. The molecular formula is C27H41N3O16. The summed E-state index contributed by atoms with van der Waals surface area (Å²) in [7, 11) is 0. The van der Waals surface area contributed by atoms with E-state index in [4.69, 9.17) is 43.0 Å². The number of carboxylic acids is 1. The Balaban J connectivity index is 1.79. The maximum Gasteiger partial charge on any atom is 0.372 e. The molecule has 0 atom stereocenters. The van der Waals surface area contributed by atoms with Crippen molar-refractivity contribution in [3.05, 3.63) is 38.4 Å². The molecule has 0 spiro atoms. The van der Waals surface area contributed by atoms with Crippen molar-refractivity contribution < 1.29 is 67.2 Å². The van der Waals surface area contributed by atoms with Crippen LogP contribution in [0.5, 0.6) is 0 Å². The van der Waals surface area contributed by atoms with E-state index in [1.54, 1.807) is 0 Å². The zero-order valence-electron chi connectivity index (χ0n) is 25.4. The molecule has 2 N–H and O–H groups in total. The predicted octanol–water partition coefficient (Wildman–Crippen LogP) is 1.01. The van der Waals surface area contributed by atoms with Crippen LogP contribution in [0, 0.1) is 20.2 Å². The highest BCUT2D eigenvalue weighted by atomic mass is 16.6. The van der Waals surface area contributed by atoms with Gasteiger partial charge in [0.1, 0.15) is 12.3 Å². The van der Waals surface area contributed by atoms with E-state index < -0.39 is 34.0 Å². The Kier molecular flexibility index (Phi) is 23.0. The Hall–Kier alpha value is -3.85. The second kappa shape index (κ2) is 26.4. The number of carbonyl (C=O) groups excluding carboxylic acids is 2. The summed E-state index contributed by atoms with van der Waals surface area (Å²) in [5.74, 6) is -3.28. The van der Waals surface area contributed by atoms with Gasteiger partial charge in [-0.25, -0.2) is 4.79 Å². The number of non-ortho nitro benzene ring substituents is 1. The third-order valence-electron chi connectivity index (χ3n) is 5.47. The van der Waals surface area contributed by atoms with Crippen LogP contribution in [0.1, 0.15) is 12.8 Å². The number of nitro benzene ring substituents is 2. The molecule has 19 nitrogen and oxygen atoms in total. The molecule has 1 rings (SSSR count). The van der Waals surface area contributed by atoms with Gasteiger partial charge in [-0.2, -0.15) is 0 Å². The van der Waals surface area contributed by atoms with Crippen LogP contribution in [-0.4, -0.2) is 138 Å². The van der Waals surface area contributed by atoms with Crippen LogP contribution < -0.4 is 5.32 Å². The molecule has 0 fully saturated rings. The lowest BCUT2D eigenvalue weighted by Gasteiger charge is -2.09. The Morgan fingerprint density at radius 2 is 1.07 bits per heavy atom. The van der Waals surface area contributed by atoms with Gasteiger partial charge in [0.2, 0.25) is 5.78 Å². The first-order valence-corrected chi connectivity index (χ1v) is 14.3. The third kappa shape index (κ3) is 21.0. The Morgan fingerprint density at radius 1 is 0.630 bits per heavy atom. The number of anilines is 1. The molecule has 0 heterocycles. The van der Waals surface area contributed by atoms with Crippen molar-refractivity contribution in [1.29, 1.82) is 0 Å². The maximum atomic E-state index is 11.3. The van der Waals surface area contributed by atoms with Gasteiger partial charge in [-0.1, -0.05) is 0 Å². The molecule has 0 unspecified atom stereocenters. The summed E-state index contributed by atoms with van der Waals surface area (Å²) in [5, 5.41) is 33.2. The SMILES string of the molecule is O=C(CCC(=O)C(=O)O)OCCOCCOCCOCCOCCOCCOCCOCCNc1ccc([N+](=O)[O-])cc1[N+](=O)[O-]. The lowest BCUT2D eigenvalue weighted by molar-refractivity contribution is -0.393. The van der Waals surface area contributed by atoms with Gasteiger partial charge in [0, 0.05) is 19.0 Å². The molecule has 0 amide bonds. The number of benzene rings is 1. The third-order valence-corrected chi connectivity index (χ3v) is 5.47. The quantitative estimate of drug-likeness (QED) is 0.0370. The van der Waals surface area contributed by atoms with Crippen LogP contribution in [0.3, 0.4) is 0 Å². The molecule has 0 aliphatic heterocycles. The number of hydrogen-bond donors (Lipinski definition) is 2. The number of Topliss-reactive ketones (excluding diaryl/α,β-unsaturated/α-hetero) is 1. The second-order valence-electron chi connectivity index (χ2n) is 8.88. The van der Waals surface area contributed by atoms with Crippen LogP contribution in [-0.2, 0) is 52.3 Å². The normalized spacial score (nSPS) is 10.9. The zero-order chi connectivity index (χ0) is 33.8. The Labute approximate surface area is 264 Å². The Morgan fingerprint density at radius 3 is 1.48 bits per heavy atom. The number of ketones is 1. The van der Waals surface area contributed by atoms with Crippen molar-refractivity contribution in [2.75, 3.05) is 111 Å². The van der Waals surface area contributed by atoms with Crippen molar-refractivity contribution in [2.45, 2.75) is 12.8 Å². The van der Waals surface area contributed by atoms with E-state index in [2.05, 4.69) is 5.32 Å². The number of nitro groups is 2. The van der Waals surface area contributed by atoms with E-state index in [1.165, 1.54) is 12.1 Å². The van der Waals surface area contributed by atoms with Gasteiger partial charge in [0.25, 0.3) is 11.4 Å². The fourth-order valence-electron chi connectivity index (χ4n) is 3.22. The first-order chi connectivity index (χ1) is 22.2. The van der Waals surface area contributed by atoms with E-state index in [-0.39, 0.29) is 49.8 Å². The molecule has 0 radical (unpaired) electrons. The van der Waals surface area contributed by atoms with Gasteiger partial charge >= 0.3 is 11.9 Å². The highest BCUT2D eigenvalue weighted by molar-refractivity contribution is 6.32. The van der Waals surface area contributed by atoms with E-state index in [0.29, 0.717) is 79.3 Å². The molecular weight excluding hydrogens is 622 g/mol. The van der Waals surface area contributed by atoms with Crippen molar-refractivity contribution in [3.63, 3.8) is 0 Å². The predicted molar refractivity (Wildman–Crippen MR) is 157 cm³/mol. The molecule has 260 valence electrons. The minimum Gasteiger partial charge on any atom is -0.476 e. The molecule has 0 saturated heterocycles.